The maximum absolute atomic E-state index is 12.6. The van der Waals surface area contributed by atoms with Gasteiger partial charge in [-0.25, -0.2) is 17.9 Å². The van der Waals surface area contributed by atoms with Gasteiger partial charge in [0.1, 0.15) is 24.0 Å². The third-order valence-electron chi connectivity index (χ3n) is 6.66. The number of ketones is 1. The zero-order chi connectivity index (χ0) is 25.9. The molecule has 0 aromatic heterocycles. The first-order chi connectivity index (χ1) is 15.5. The number of carboxylic acid groups (broad SMARTS) is 1. The van der Waals surface area contributed by atoms with E-state index in [2.05, 4.69) is 4.72 Å². The standard InChI is InChI=1S/C19H27N3O4S.C2HF3O2/c1-18(2)14-6-7-19(18,16(23)11-14)12-27(24,25)22-8-9-26-15-5-3-4-13(10-15)17(20)21;3-2(4,5)1(6)7/h3-5,10,14,22H,6-9,11-12H2,1-2H3,(H3,20,21);(H,6,7)/t14?,19-;/m1./s1. The van der Waals surface area contributed by atoms with Gasteiger partial charge in [0.05, 0.1) is 5.75 Å². The van der Waals surface area contributed by atoms with Crippen LogP contribution in [0.4, 0.5) is 13.2 Å². The van der Waals surface area contributed by atoms with Crippen LogP contribution in [-0.2, 0) is 19.6 Å². The fourth-order valence-corrected chi connectivity index (χ4v) is 6.43. The van der Waals surface area contributed by atoms with Crippen LogP contribution in [0.5, 0.6) is 5.75 Å². The predicted molar refractivity (Wildman–Crippen MR) is 117 cm³/mol. The summed E-state index contributed by atoms with van der Waals surface area (Å²) in [6.45, 7) is 4.31. The number of nitrogen functional groups attached to an aromatic ring is 1. The van der Waals surface area contributed by atoms with E-state index in [0.29, 0.717) is 24.2 Å². The van der Waals surface area contributed by atoms with Crippen LogP contribution in [0.25, 0.3) is 0 Å². The van der Waals surface area contributed by atoms with Gasteiger partial charge in [-0.3, -0.25) is 10.2 Å². The molecule has 9 nitrogen and oxygen atoms in total. The molecular formula is C21H28F3N3O6S. The highest BCUT2D eigenvalue weighted by molar-refractivity contribution is 7.89. The van der Waals surface area contributed by atoms with Gasteiger partial charge in [0.2, 0.25) is 10.0 Å². The second-order valence-electron chi connectivity index (χ2n) is 8.91. The number of halogens is 3. The minimum absolute atomic E-state index is 0.0564. The van der Waals surface area contributed by atoms with Crippen molar-refractivity contribution in [2.75, 3.05) is 18.9 Å². The molecule has 2 bridgehead atoms. The quantitative estimate of drug-likeness (QED) is 0.239. The number of carbonyl (C=O) groups is 2. The molecule has 2 saturated carbocycles. The molecule has 0 aliphatic heterocycles. The molecule has 0 heterocycles. The highest BCUT2D eigenvalue weighted by Gasteiger charge is 2.65. The number of nitrogens with one attached hydrogen (secondary N) is 2. The highest BCUT2D eigenvalue weighted by atomic mass is 32.2. The first-order valence-electron chi connectivity index (χ1n) is 10.4. The van der Waals surface area contributed by atoms with Crippen LogP contribution in [0.2, 0.25) is 0 Å². The summed E-state index contributed by atoms with van der Waals surface area (Å²) in [5, 5.41) is 14.6. The van der Waals surface area contributed by atoms with Crippen molar-refractivity contribution >= 4 is 27.6 Å². The lowest BCUT2D eigenvalue weighted by Crippen LogP contribution is -2.45. The number of nitrogens with two attached hydrogens (primary N) is 1. The average molecular weight is 508 g/mol. The Labute approximate surface area is 195 Å². The smallest absolute Gasteiger partial charge is 0.490 e. The number of sulfonamides is 1. The predicted octanol–water partition coefficient (Wildman–Crippen LogP) is 2.30. The lowest BCUT2D eigenvalue weighted by Gasteiger charge is -2.36. The number of aliphatic carboxylic acids is 1. The molecule has 34 heavy (non-hydrogen) atoms. The molecule has 1 aromatic rings. The Kier molecular flexibility index (Phi) is 8.03. The first kappa shape index (κ1) is 27.6. The number of Topliss-reactive ketones (excluding diaryl/α,β-unsaturated/α-hetero) is 1. The van der Waals surface area contributed by atoms with Crippen LogP contribution in [0.3, 0.4) is 0 Å². The van der Waals surface area contributed by atoms with Crippen molar-refractivity contribution in [3.8, 4) is 5.75 Å². The number of alkyl halides is 3. The van der Waals surface area contributed by atoms with Gasteiger partial charge in [0, 0.05) is 23.9 Å². The van der Waals surface area contributed by atoms with Crippen LogP contribution in [-0.4, -0.2) is 56.2 Å². The summed E-state index contributed by atoms with van der Waals surface area (Å²) < 4.78 is 65.0. The molecule has 0 amide bonds. The molecule has 0 saturated heterocycles. The van der Waals surface area contributed by atoms with E-state index in [9.17, 15) is 26.4 Å². The number of ether oxygens (including phenoxy) is 1. The molecule has 5 N–H and O–H groups in total. The van der Waals surface area contributed by atoms with Crippen LogP contribution in [0, 0.1) is 22.2 Å². The van der Waals surface area contributed by atoms with E-state index < -0.39 is 27.6 Å². The van der Waals surface area contributed by atoms with E-state index in [1.807, 2.05) is 13.8 Å². The molecule has 0 radical (unpaired) electrons. The third kappa shape index (κ3) is 6.06. The summed E-state index contributed by atoms with van der Waals surface area (Å²) in [6, 6.07) is 6.78. The SMILES string of the molecule is CC1(C)C2CC[C@@]1(CS(=O)(=O)NCCOc1cccc(C(=N)N)c1)C(=O)C2.O=C(O)C(F)(F)F. The fourth-order valence-electron chi connectivity index (χ4n) is 4.60. The lowest BCUT2D eigenvalue weighted by molar-refractivity contribution is -0.192. The first-order valence-corrected chi connectivity index (χ1v) is 12.0. The Balaban J connectivity index is 0.000000509. The lowest BCUT2D eigenvalue weighted by atomic mass is 9.70. The second-order valence-corrected chi connectivity index (χ2v) is 10.7. The van der Waals surface area contributed by atoms with E-state index in [4.69, 9.17) is 25.8 Å². The minimum atomic E-state index is -5.08. The normalized spacial score (nSPS) is 23.2. The van der Waals surface area contributed by atoms with Gasteiger partial charge in [-0.05, 0) is 36.3 Å². The van der Waals surface area contributed by atoms with E-state index in [0.717, 1.165) is 6.42 Å². The van der Waals surface area contributed by atoms with E-state index >= 15 is 0 Å². The van der Waals surface area contributed by atoms with E-state index in [1.54, 1.807) is 24.3 Å². The summed E-state index contributed by atoms with van der Waals surface area (Å²) in [6.07, 6.45) is -3.01. The summed E-state index contributed by atoms with van der Waals surface area (Å²) in [5.41, 5.74) is 4.95. The number of carbonyl (C=O) groups excluding carboxylic acids is 1. The van der Waals surface area contributed by atoms with Gasteiger partial charge < -0.3 is 15.6 Å². The molecule has 2 fully saturated rings. The Morgan fingerprint density at radius 3 is 2.44 bits per heavy atom. The average Bonchev–Trinajstić information content (AvgIpc) is 3.05. The van der Waals surface area contributed by atoms with Crippen LogP contribution in [0.15, 0.2) is 24.3 Å². The van der Waals surface area contributed by atoms with E-state index in [-0.39, 0.29) is 41.9 Å². The van der Waals surface area contributed by atoms with Gasteiger partial charge in [0.25, 0.3) is 0 Å². The van der Waals surface area contributed by atoms with Gasteiger partial charge in [-0.15, -0.1) is 0 Å². The Bertz CT molecular complexity index is 1060. The number of fused-ring (bicyclic) bond motifs is 2. The largest absolute Gasteiger partial charge is 0.492 e. The maximum Gasteiger partial charge on any atom is 0.490 e. The molecule has 2 atom stereocenters. The third-order valence-corrected chi connectivity index (χ3v) is 8.17. The molecule has 1 unspecified atom stereocenters. The van der Waals surface area contributed by atoms with Gasteiger partial charge in [-0.1, -0.05) is 26.0 Å². The molecule has 3 rings (SSSR count). The van der Waals surface area contributed by atoms with Crippen molar-refractivity contribution in [3.63, 3.8) is 0 Å². The Morgan fingerprint density at radius 1 is 1.35 bits per heavy atom. The van der Waals surface area contributed by atoms with Crippen molar-refractivity contribution in [3.05, 3.63) is 29.8 Å². The summed E-state index contributed by atoms with van der Waals surface area (Å²) >= 11 is 0. The summed E-state index contributed by atoms with van der Waals surface area (Å²) in [5.74, 6) is -2.07. The van der Waals surface area contributed by atoms with Crippen molar-refractivity contribution in [1.29, 1.82) is 5.41 Å². The van der Waals surface area contributed by atoms with Crippen LogP contribution in [0.1, 0.15) is 38.7 Å². The number of carboxylic acids is 1. The van der Waals surface area contributed by atoms with Gasteiger partial charge in [0.15, 0.2) is 0 Å². The number of benzene rings is 1. The van der Waals surface area contributed by atoms with Crippen LogP contribution < -0.4 is 15.2 Å². The maximum atomic E-state index is 12.6. The van der Waals surface area contributed by atoms with E-state index in [1.165, 1.54) is 0 Å². The number of rotatable bonds is 8. The van der Waals surface area contributed by atoms with Crippen molar-refractivity contribution < 1.29 is 41.0 Å². The fraction of sp³-hybridized carbons (Fsp3) is 0.571. The molecule has 2 aliphatic carbocycles. The van der Waals surface area contributed by atoms with Gasteiger partial charge in [-0.2, -0.15) is 13.2 Å². The minimum Gasteiger partial charge on any atom is -0.492 e. The zero-order valence-electron chi connectivity index (χ0n) is 18.7. The van der Waals surface area contributed by atoms with Gasteiger partial charge >= 0.3 is 12.1 Å². The molecule has 2 aliphatic rings. The number of hydrogen-bond donors (Lipinski definition) is 4. The molecule has 190 valence electrons. The topological polar surface area (TPSA) is 160 Å². The molecule has 0 spiro atoms. The summed E-state index contributed by atoms with van der Waals surface area (Å²) in [7, 11) is -3.59. The second kappa shape index (κ2) is 9.90. The number of hydrogen-bond acceptors (Lipinski definition) is 6. The molecule has 13 heteroatoms. The van der Waals surface area contributed by atoms with Crippen molar-refractivity contribution in [2.24, 2.45) is 22.5 Å². The summed E-state index contributed by atoms with van der Waals surface area (Å²) in [4.78, 5) is 21.4. The zero-order valence-corrected chi connectivity index (χ0v) is 19.6. The molecular weight excluding hydrogens is 479 g/mol. The Morgan fingerprint density at radius 2 is 1.97 bits per heavy atom. The molecule has 1 aromatic carbocycles. The van der Waals surface area contributed by atoms with Crippen LogP contribution >= 0.6 is 0 Å². The highest BCUT2D eigenvalue weighted by Crippen LogP contribution is 2.64. The van der Waals surface area contributed by atoms with Crippen molar-refractivity contribution in [2.45, 2.75) is 39.3 Å². The number of amidine groups is 1. The Hall–Kier alpha value is -2.67. The van der Waals surface area contributed by atoms with Crippen molar-refractivity contribution in [1.82, 2.24) is 4.72 Å². The monoisotopic (exact) mass is 507 g/mol.